The first kappa shape index (κ1) is 19.1. The van der Waals surface area contributed by atoms with Crippen LogP contribution in [0.2, 0.25) is 0 Å². The summed E-state index contributed by atoms with van der Waals surface area (Å²) in [5.74, 6) is 0.905. The fourth-order valence-corrected chi connectivity index (χ4v) is 3.34. The minimum absolute atomic E-state index is 0.0167. The van der Waals surface area contributed by atoms with Crippen molar-refractivity contribution in [3.8, 4) is 0 Å². The number of anilines is 1. The SMILES string of the molecule is Cc1ccc(C)c(C(=O)CCC(=O)NCc2ccc(N3CCCC3)nc2)c1. The van der Waals surface area contributed by atoms with E-state index in [0.717, 1.165) is 35.6 Å². The third-order valence-corrected chi connectivity index (χ3v) is 5.00. The molecule has 1 aliphatic heterocycles. The lowest BCUT2D eigenvalue weighted by atomic mass is 9.99. The topological polar surface area (TPSA) is 62.3 Å². The summed E-state index contributed by atoms with van der Waals surface area (Å²) in [7, 11) is 0. The van der Waals surface area contributed by atoms with Crippen molar-refractivity contribution < 1.29 is 9.59 Å². The van der Waals surface area contributed by atoms with E-state index in [4.69, 9.17) is 0 Å². The Morgan fingerprint density at radius 1 is 1.07 bits per heavy atom. The molecule has 3 rings (SSSR count). The number of rotatable bonds is 7. The number of aromatic nitrogens is 1. The fourth-order valence-electron chi connectivity index (χ4n) is 3.34. The monoisotopic (exact) mass is 365 g/mol. The maximum Gasteiger partial charge on any atom is 0.220 e. The summed E-state index contributed by atoms with van der Waals surface area (Å²) >= 11 is 0. The van der Waals surface area contributed by atoms with Gasteiger partial charge in [-0.2, -0.15) is 0 Å². The number of amides is 1. The number of aryl methyl sites for hydroxylation is 2. The van der Waals surface area contributed by atoms with Gasteiger partial charge >= 0.3 is 0 Å². The van der Waals surface area contributed by atoms with Crippen molar-refractivity contribution in [1.82, 2.24) is 10.3 Å². The van der Waals surface area contributed by atoms with E-state index in [1.807, 2.05) is 50.4 Å². The van der Waals surface area contributed by atoms with Crippen molar-refractivity contribution in [2.75, 3.05) is 18.0 Å². The van der Waals surface area contributed by atoms with Gasteiger partial charge in [0.1, 0.15) is 5.82 Å². The van der Waals surface area contributed by atoms with E-state index in [2.05, 4.69) is 15.2 Å². The van der Waals surface area contributed by atoms with E-state index in [-0.39, 0.29) is 24.5 Å². The summed E-state index contributed by atoms with van der Waals surface area (Å²) in [4.78, 5) is 31.2. The second kappa shape index (κ2) is 8.80. The minimum Gasteiger partial charge on any atom is -0.357 e. The van der Waals surface area contributed by atoms with Crippen LogP contribution < -0.4 is 10.2 Å². The Hall–Kier alpha value is -2.69. The summed E-state index contributed by atoms with van der Waals surface area (Å²) < 4.78 is 0. The molecular formula is C22H27N3O2. The van der Waals surface area contributed by atoms with E-state index in [0.29, 0.717) is 12.1 Å². The summed E-state index contributed by atoms with van der Waals surface area (Å²) in [5.41, 5.74) is 3.69. The number of Topliss-reactive ketones (excluding diaryl/α,β-unsaturated/α-hetero) is 1. The van der Waals surface area contributed by atoms with Crippen molar-refractivity contribution in [1.29, 1.82) is 0 Å². The summed E-state index contributed by atoms with van der Waals surface area (Å²) in [6, 6.07) is 9.84. The van der Waals surface area contributed by atoms with Crippen molar-refractivity contribution in [3.05, 3.63) is 58.8 Å². The van der Waals surface area contributed by atoms with Crippen LogP contribution in [0.25, 0.3) is 0 Å². The van der Waals surface area contributed by atoms with Gasteiger partial charge in [0.2, 0.25) is 5.91 Å². The highest BCUT2D eigenvalue weighted by Gasteiger charge is 2.14. The zero-order valence-electron chi connectivity index (χ0n) is 16.1. The smallest absolute Gasteiger partial charge is 0.220 e. The Balaban J connectivity index is 1.45. The van der Waals surface area contributed by atoms with E-state index in [9.17, 15) is 9.59 Å². The van der Waals surface area contributed by atoms with Crippen LogP contribution in [0, 0.1) is 13.8 Å². The van der Waals surface area contributed by atoms with Gasteiger partial charge in [0.15, 0.2) is 5.78 Å². The molecular weight excluding hydrogens is 338 g/mol. The highest BCUT2D eigenvalue weighted by molar-refractivity contribution is 5.99. The van der Waals surface area contributed by atoms with Gasteiger partial charge in [-0.3, -0.25) is 9.59 Å². The first-order valence-electron chi connectivity index (χ1n) is 9.60. The van der Waals surface area contributed by atoms with Crippen LogP contribution in [0.1, 0.15) is 52.7 Å². The molecule has 0 saturated carbocycles. The first-order chi connectivity index (χ1) is 13.0. The molecule has 5 nitrogen and oxygen atoms in total. The van der Waals surface area contributed by atoms with E-state index in [1.165, 1.54) is 12.8 Å². The predicted molar refractivity (Wildman–Crippen MR) is 107 cm³/mol. The number of hydrogen-bond acceptors (Lipinski definition) is 4. The van der Waals surface area contributed by atoms with E-state index in [1.54, 1.807) is 0 Å². The number of benzene rings is 1. The van der Waals surface area contributed by atoms with Gasteiger partial charge < -0.3 is 10.2 Å². The molecule has 0 unspecified atom stereocenters. The van der Waals surface area contributed by atoms with Gasteiger partial charge in [-0.1, -0.05) is 23.8 Å². The molecule has 0 spiro atoms. The molecule has 0 aliphatic carbocycles. The molecule has 27 heavy (non-hydrogen) atoms. The number of nitrogens with zero attached hydrogens (tertiary/aromatic N) is 2. The van der Waals surface area contributed by atoms with Gasteiger partial charge in [0, 0.05) is 44.2 Å². The van der Waals surface area contributed by atoms with Gasteiger partial charge in [-0.15, -0.1) is 0 Å². The zero-order chi connectivity index (χ0) is 19.2. The number of carbonyl (C=O) groups excluding carboxylic acids is 2. The summed E-state index contributed by atoms with van der Waals surface area (Å²) in [5, 5.41) is 2.88. The molecule has 2 aromatic rings. The van der Waals surface area contributed by atoms with Crippen LogP contribution in [0.4, 0.5) is 5.82 Å². The van der Waals surface area contributed by atoms with Crippen LogP contribution in [0.3, 0.4) is 0 Å². The van der Waals surface area contributed by atoms with Crippen molar-refractivity contribution >= 4 is 17.5 Å². The molecule has 1 amide bonds. The van der Waals surface area contributed by atoms with Crippen LogP contribution in [0.15, 0.2) is 36.5 Å². The molecule has 1 aromatic heterocycles. The largest absolute Gasteiger partial charge is 0.357 e. The molecule has 1 aromatic carbocycles. The zero-order valence-corrected chi connectivity index (χ0v) is 16.1. The lowest BCUT2D eigenvalue weighted by Crippen LogP contribution is -2.24. The predicted octanol–water partition coefficient (Wildman–Crippen LogP) is 3.58. The normalized spacial score (nSPS) is 13.6. The fraction of sp³-hybridized carbons (Fsp3) is 0.409. The Kier molecular flexibility index (Phi) is 6.22. The maximum atomic E-state index is 12.4. The number of carbonyl (C=O) groups is 2. The molecule has 0 atom stereocenters. The molecule has 1 fully saturated rings. The molecule has 0 bridgehead atoms. The minimum atomic E-state index is -0.114. The van der Waals surface area contributed by atoms with Crippen molar-refractivity contribution in [3.63, 3.8) is 0 Å². The van der Waals surface area contributed by atoms with Crippen LogP contribution >= 0.6 is 0 Å². The molecule has 1 saturated heterocycles. The summed E-state index contributed by atoms with van der Waals surface area (Å²) in [6.45, 7) is 6.45. The highest BCUT2D eigenvalue weighted by atomic mass is 16.2. The Morgan fingerprint density at radius 2 is 1.85 bits per heavy atom. The Morgan fingerprint density at radius 3 is 2.56 bits per heavy atom. The third kappa shape index (κ3) is 5.16. The average Bonchev–Trinajstić information content (AvgIpc) is 3.21. The standard InChI is InChI=1S/C22H27N3O2/c1-16-5-6-17(2)19(13-16)20(26)8-10-22(27)24-15-18-7-9-21(23-14-18)25-11-3-4-12-25/h5-7,9,13-14H,3-4,8,10-12,15H2,1-2H3,(H,24,27). The van der Waals surface area contributed by atoms with Crippen LogP contribution in [-0.2, 0) is 11.3 Å². The lowest BCUT2D eigenvalue weighted by molar-refractivity contribution is -0.121. The van der Waals surface area contributed by atoms with Gasteiger partial charge in [-0.25, -0.2) is 4.98 Å². The second-order valence-electron chi connectivity index (χ2n) is 7.24. The van der Waals surface area contributed by atoms with Crippen LogP contribution in [0.5, 0.6) is 0 Å². The molecule has 2 heterocycles. The first-order valence-corrected chi connectivity index (χ1v) is 9.60. The Bertz CT molecular complexity index is 809. The summed E-state index contributed by atoms with van der Waals surface area (Å²) in [6.07, 6.45) is 4.68. The second-order valence-corrected chi connectivity index (χ2v) is 7.24. The van der Waals surface area contributed by atoms with E-state index >= 15 is 0 Å². The van der Waals surface area contributed by atoms with Crippen molar-refractivity contribution in [2.45, 2.75) is 46.1 Å². The number of ketones is 1. The van der Waals surface area contributed by atoms with Gasteiger partial charge in [-0.05, 0) is 49.9 Å². The highest BCUT2D eigenvalue weighted by Crippen LogP contribution is 2.17. The quantitative estimate of drug-likeness (QED) is 0.762. The van der Waals surface area contributed by atoms with Gasteiger partial charge in [0.05, 0.1) is 0 Å². The number of hydrogen-bond donors (Lipinski definition) is 1. The molecule has 0 radical (unpaired) electrons. The maximum absolute atomic E-state index is 12.4. The number of pyridine rings is 1. The third-order valence-electron chi connectivity index (χ3n) is 5.00. The molecule has 1 aliphatic rings. The molecule has 5 heteroatoms. The molecule has 142 valence electrons. The molecule has 1 N–H and O–H groups in total. The Labute approximate surface area is 160 Å². The van der Waals surface area contributed by atoms with Gasteiger partial charge in [0.25, 0.3) is 0 Å². The van der Waals surface area contributed by atoms with E-state index < -0.39 is 0 Å². The van der Waals surface area contributed by atoms with Crippen LogP contribution in [-0.4, -0.2) is 29.8 Å². The lowest BCUT2D eigenvalue weighted by Gasteiger charge is -2.16. The van der Waals surface area contributed by atoms with Crippen molar-refractivity contribution in [2.24, 2.45) is 0 Å². The average molecular weight is 365 g/mol. The number of nitrogens with one attached hydrogen (secondary N) is 1.